The number of aromatic nitrogens is 5. The number of pyridine rings is 1. The zero-order chi connectivity index (χ0) is 21.6. The van der Waals surface area contributed by atoms with Gasteiger partial charge >= 0.3 is 0 Å². The van der Waals surface area contributed by atoms with Gasteiger partial charge in [0.2, 0.25) is 10.0 Å². The highest BCUT2D eigenvalue weighted by molar-refractivity contribution is 7.89. The molecule has 2 N–H and O–H groups in total. The van der Waals surface area contributed by atoms with Crippen molar-refractivity contribution >= 4 is 32.2 Å². The van der Waals surface area contributed by atoms with Crippen LogP contribution in [-0.2, 0) is 10.0 Å². The highest BCUT2D eigenvalue weighted by Crippen LogP contribution is 2.26. The summed E-state index contributed by atoms with van der Waals surface area (Å²) in [7, 11) is -3.75. The molecule has 0 bridgehead atoms. The minimum absolute atomic E-state index is 0.0242. The molecule has 0 saturated heterocycles. The van der Waals surface area contributed by atoms with Gasteiger partial charge in [0, 0.05) is 17.1 Å². The molecule has 5 aromatic rings. The Morgan fingerprint density at radius 2 is 1.81 bits per heavy atom. The molecule has 0 fully saturated rings. The highest BCUT2D eigenvalue weighted by Gasteiger charge is 2.15. The molecule has 0 amide bonds. The minimum atomic E-state index is -3.75. The Labute approximate surface area is 178 Å². The van der Waals surface area contributed by atoms with Gasteiger partial charge in [-0.25, -0.2) is 28.5 Å². The third kappa shape index (κ3) is 3.54. The summed E-state index contributed by atoms with van der Waals surface area (Å²) < 4.78 is 25.0. The van der Waals surface area contributed by atoms with Crippen LogP contribution in [0.1, 0.15) is 18.5 Å². The lowest BCUT2D eigenvalue weighted by atomic mass is 10.1. The Kier molecular flexibility index (Phi) is 4.49. The molecule has 5 rings (SSSR count). The zero-order valence-electron chi connectivity index (χ0n) is 16.5. The van der Waals surface area contributed by atoms with Crippen molar-refractivity contribution in [1.82, 2.24) is 24.5 Å². The van der Waals surface area contributed by atoms with Crippen molar-refractivity contribution in [2.24, 2.45) is 5.14 Å². The van der Waals surface area contributed by atoms with Gasteiger partial charge in [-0.15, -0.1) is 0 Å². The van der Waals surface area contributed by atoms with Crippen LogP contribution in [0.5, 0.6) is 0 Å². The van der Waals surface area contributed by atoms with E-state index < -0.39 is 10.0 Å². The van der Waals surface area contributed by atoms with Crippen molar-refractivity contribution in [3.63, 3.8) is 0 Å². The van der Waals surface area contributed by atoms with Crippen molar-refractivity contribution in [2.45, 2.75) is 17.9 Å². The van der Waals surface area contributed by atoms with Gasteiger partial charge in [-0.1, -0.05) is 24.3 Å². The lowest BCUT2D eigenvalue weighted by Gasteiger charge is -2.15. The standard InChI is InChI=1S/C22H18N6O2S/c1-14(16-6-9-19-17(11-16)3-2-10-24-19)28-13-26-21-22(28)27-20(12-25-21)15-4-7-18(8-5-15)31(23,29)30/h2-14H,1H3,(H2,23,29,30). The SMILES string of the molecule is CC(c1ccc2ncccc2c1)n1cnc2ncc(-c3ccc(S(N)(=O)=O)cc3)nc21. The largest absolute Gasteiger partial charge is 0.307 e. The number of fused-ring (bicyclic) bond motifs is 2. The smallest absolute Gasteiger partial charge is 0.238 e. The van der Waals surface area contributed by atoms with Crippen molar-refractivity contribution in [1.29, 1.82) is 0 Å². The predicted octanol–water partition coefficient (Wildman–Crippen LogP) is 3.30. The number of hydrogen-bond acceptors (Lipinski definition) is 6. The summed E-state index contributed by atoms with van der Waals surface area (Å²) in [4.78, 5) is 18.0. The van der Waals surface area contributed by atoms with Crippen LogP contribution in [0.4, 0.5) is 0 Å². The summed E-state index contributed by atoms with van der Waals surface area (Å²) >= 11 is 0. The zero-order valence-corrected chi connectivity index (χ0v) is 17.4. The Bertz CT molecular complexity index is 1530. The third-order valence-electron chi connectivity index (χ3n) is 5.29. The first-order valence-electron chi connectivity index (χ1n) is 9.58. The highest BCUT2D eigenvalue weighted by atomic mass is 32.2. The summed E-state index contributed by atoms with van der Waals surface area (Å²) in [5, 5.41) is 6.25. The first-order chi connectivity index (χ1) is 14.9. The van der Waals surface area contributed by atoms with Crippen LogP contribution in [0.25, 0.3) is 33.5 Å². The predicted molar refractivity (Wildman–Crippen MR) is 118 cm³/mol. The van der Waals surface area contributed by atoms with Gasteiger partial charge < -0.3 is 4.57 Å². The number of nitrogens with zero attached hydrogens (tertiary/aromatic N) is 5. The summed E-state index contributed by atoms with van der Waals surface area (Å²) in [6, 6.07) is 16.3. The van der Waals surface area contributed by atoms with Crippen LogP contribution in [0.2, 0.25) is 0 Å². The number of imidazole rings is 1. The lowest BCUT2D eigenvalue weighted by Crippen LogP contribution is -2.11. The maximum absolute atomic E-state index is 11.5. The molecule has 154 valence electrons. The molecule has 3 aromatic heterocycles. The number of nitrogens with two attached hydrogens (primary N) is 1. The average Bonchev–Trinajstić information content (AvgIpc) is 3.21. The fourth-order valence-corrected chi connectivity index (χ4v) is 4.08. The molecule has 0 aliphatic carbocycles. The van der Waals surface area contributed by atoms with E-state index in [1.165, 1.54) is 12.1 Å². The fourth-order valence-electron chi connectivity index (χ4n) is 3.56. The van der Waals surface area contributed by atoms with Gasteiger partial charge in [-0.2, -0.15) is 0 Å². The van der Waals surface area contributed by atoms with E-state index in [1.54, 1.807) is 30.9 Å². The van der Waals surface area contributed by atoms with Crippen molar-refractivity contribution in [3.8, 4) is 11.3 Å². The second-order valence-electron chi connectivity index (χ2n) is 7.26. The molecule has 0 aliphatic rings. The molecule has 0 aliphatic heterocycles. The Morgan fingerprint density at radius 1 is 1.00 bits per heavy atom. The monoisotopic (exact) mass is 430 g/mol. The van der Waals surface area contributed by atoms with Gasteiger partial charge in [0.1, 0.15) is 0 Å². The van der Waals surface area contributed by atoms with E-state index in [9.17, 15) is 8.42 Å². The van der Waals surface area contributed by atoms with E-state index in [1.807, 2.05) is 22.8 Å². The summed E-state index contributed by atoms with van der Waals surface area (Å²) in [6.07, 6.45) is 5.13. The third-order valence-corrected chi connectivity index (χ3v) is 6.22. The molecule has 1 unspecified atom stereocenters. The first-order valence-corrected chi connectivity index (χ1v) is 11.1. The fraction of sp³-hybridized carbons (Fsp3) is 0.0909. The molecule has 0 saturated carbocycles. The normalized spacial score (nSPS) is 13.0. The van der Waals surface area contributed by atoms with Gasteiger partial charge in [0.25, 0.3) is 0 Å². The molecule has 31 heavy (non-hydrogen) atoms. The molecule has 0 radical (unpaired) electrons. The summed E-state index contributed by atoms with van der Waals surface area (Å²) in [5.41, 5.74) is 4.58. The Morgan fingerprint density at radius 3 is 2.58 bits per heavy atom. The number of hydrogen-bond donors (Lipinski definition) is 1. The maximum atomic E-state index is 11.5. The van der Waals surface area contributed by atoms with Crippen molar-refractivity contribution in [3.05, 3.63) is 78.9 Å². The second-order valence-corrected chi connectivity index (χ2v) is 8.82. The van der Waals surface area contributed by atoms with Crippen LogP contribution in [0.3, 0.4) is 0 Å². The molecule has 0 spiro atoms. The quantitative estimate of drug-likeness (QED) is 0.468. The maximum Gasteiger partial charge on any atom is 0.238 e. The van der Waals surface area contributed by atoms with Crippen LogP contribution in [-0.4, -0.2) is 32.9 Å². The van der Waals surface area contributed by atoms with Gasteiger partial charge in [-0.3, -0.25) is 4.98 Å². The molecular weight excluding hydrogens is 412 g/mol. The molecule has 1 atom stereocenters. The molecular formula is C22H18N6O2S. The Balaban J connectivity index is 1.55. The molecule has 3 heterocycles. The number of primary sulfonamides is 1. The molecule has 8 nitrogen and oxygen atoms in total. The van der Waals surface area contributed by atoms with Gasteiger partial charge in [-0.05, 0) is 42.8 Å². The number of rotatable bonds is 4. The summed E-state index contributed by atoms with van der Waals surface area (Å²) in [5.74, 6) is 0. The van der Waals surface area contributed by atoms with E-state index in [4.69, 9.17) is 10.1 Å². The average molecular weight is 430 g/mol. The van der Waals surface area contributed by atoms with Crippen LogP contribution < -0.4 is 5.14 Å². The molecule has 2 aromatic carbocycles. The van der Waals surface area contributed by atoms with Gasteiger partial charge in [0.15, 0.2) is 11.3 Å². The van der Waals surface area contributed by atoms with Crippen LogP contribution in [0, 0.1) is 0 Å². The van der Waals surface area contributed by atoms with Crippen molar-refractivity contribution in [2.75, 3.05) is 0 Å². The van der Waals surface area contributed by atoms with Crippen molar-refractivity contribution < 1.29 is 8.42 Å². The van der Waals surface area contributed by atoms with Crippen LogP contribution in [0.15, 0.2) is 78.2 Å². The number of sulfonamides is 1. The minimum Gasteiger partial charge on any atom is -0.307 e. The van der Waals surface area contributed by atoms with Crippen LogP contribution >= 0.6 is 0 Å². The van der Waals surface area contributed by atoms with Gasteiger partial charge in [0.05, 0.1) is 34.7 Å². The topological polar surface area (TPSA) is 117 Å². The van der Waals surface area contributed by atoms with E-state index >= 15 is 0 Å². The first kappa shape index (κ1) is 19.3. The lowest BCUT2D eigenvalue weighted by molar-refractivity contribution is 0.598. The van der Waals surface area contributed by atoms with E-state index in [0.717, 1.165) is 22.0 Å². The van der Waals surface area contributed by atoms with E-state index in [-0.39, 0.29) is 10.9 Å². The second kappa shape index (κ2) is 7.22. The molecule has 9 heteroatoms. The van der Waals surface area contributed by atoms with E-state index in [2.05, 4.69) is 34.0 Å². The number of benzene rings is 2. The van der Waals surface area contributed by atoms with E-state index in [0.29, 0.717) is 17.0 Å². The summed E-state index contributed by atoms with van der Waals surface area (Å²) in [6.45, 7) is 2.08. The Hall–Kier alpha value is -3.69.